The van der Waals surface area contributed by atoms with Gasteiger partial charge in [0.2, 0.25) is 0 Å². The summed E-state index contributed by atoms with van der Waals surface area (Å²) in [6.45, 7) is 3.51. The van der Waals surface area contributed by atoms with Crippen LogP contribution in [0.1, 0.15) is 194 Å². The van der Waals surface area contributed by atoms with Gasteiger partial charge in [0.05, 0.1) is 26.4 Å². The molecule has 0 radical (unpaired) electrons. The van der Waals surface area contributed by atoms with E-state index < -0.39 is 33.2 Å². The highest BCUT2D eigenvalue weighted by Crippen LogP contribution is 2.43. The van der Waals surface area contributed by atoms with Crippen molar-refractivity contribution in [2.24, 2.45) is 0 Å². The van der Waals surface area contributed by atoms with Crippen molar-refractivity contribution < 1.29 is 43.0 Å². The molecule has 0 aromatic heterocycles. The molecule has 0 aliphatic carbocycles. The maximum atomic E-state index is 12.6. The molecule has 0 aliphatic heterocycles. The molecule has 0 saturated carbocycles. The van der Waals surface area contributed by atoms with Crippen molar-refractivity contribution in [3.8, 4) is 0 Å². The van der Waals surface area contributed by atoms with Crippen LogP contribution in [0, 0.1) is 0 Å². The number of carbonyl (C=O) groups excluding carboxylic acids is 1. The lowest BCUT2D eigenvalue weighted by Gasteiger charge is -2.20. The lowest BCUT2D eigenvalue weighted by atomic mass is 10.1. The smallest absolute Gasteiger partial charge is 0.457 e. The van der Waals surface area contributed by atoms with E-state index in [-0.39, 0.29) is 25.6 Å². The Balaban J connectivity index is 4.10. The summed E-state index contributed by atoms with van der Waals surface area (Å²) in [7, 11) is -4.51. The second kappa shape index (κ2) is 39.6. The van der Waals surface area contributed by atoms with Crippen LogP contribution >= 0.6 is 7.82 Å². The molecule has 9 nitrogen and oxygen atoms in total. The molecule has 0 aliphatic rings. The molecule has 52 heavy (non-hydrogen) atoms. The van der Waals surface area contributed by atoms with Crippen LogP contribution in [-0.4, -0.2) is 66.3 Å². The van der Waals surface area contributed by atoms with Crippen molar-refractivity contribution in [1.82, 2.24) is 0 Å². The first-order valence-electron chi connectivity index (χ1n) is 21.3. The fourth-order valence-electron chi connectivity index (χ4n) is 5.86. The third-order valence-corrected chi connectivity index (χ3v) is 10.1. The van der Waals surface area contributed by atoms with E-state index in [1.807, 2.05) is 0 Å². The van der Waals surface area contributed by atoms with Crippen LogP contribution < -0.4 is 0 Å². The van der Waals surface area contributed by atoms with E-state index in [0.717, 1.165) is 38.5 Å². The summed E-state index contributed by atoms with van der Waals surface area (Å²) < 4.78 is 33.3. The topological polar surface area (TPSA) is 132 Å². The number of rotatable bonds is 41. The molecular formula is C42H81O9P. The minimum absolute atomic E-state index is 0.0510. The number of hydrogen-bond acceptors (Lipinski definition) is 8. The zero-order valence-corrected chi connectivity index (χ0v) is 34.4. The number of hydrogen-bond donors (Lipinski definition) is 3. The second-order valence-corrected chi connectivity index (χ2v) is 15.8. The zero-order valence-electron chi connectivity index (χ0n) is 33.5. The predicted octanol–water partition coefficient (Wildman–Crippen LogP) is 11.5. The Hall–Kier alpha value is -1.06. The lowest BCUT2D eigenvalue weighted by Crippen LogP contribution is -2.29. The molecule has 3 atom stereocenters. The second-order valence-electron chi connectivity index (χ2n) is 14.4. The zero-order chi connectivity index (χ0) is 38.2. The molecule has 0 aromatic carbocycles. The maximum absolute atomic E-state index is 12.6. The Bertz CT molecular complexity index is 866. The van der Waals surface area contributed by atoms with Crippen LogP contribution in [-0.2, 0) is 27.9 Å². The van der Waals surface area contributed by atoms with Gasteiger partial charge in [0.15, 0.2) is 0 Å². The van der Waals surface area contributed by atoms with Gasteiger partial charge in [0.25, 0.3) is 0 Å². The van der Waals surface area contributed by atoms with Crippen LogP contribution in [0.2, 0.25) is 0 Å². The summed E-state index contributed by atoms with van der Waals surface area (Å²) in [5.74, 6) is -0.386. The van der Waals surface area contributed by atoms with Crippen molar-refractivity contribution in [2.45, 2.75) is 206 Å². The SMILES string of the molecule is CCCCCCC/C=C\C/C=C\CCCCCCCCCCCC(=O)OC(COCCCCCCCCCCCC)COP(=O)(O)OCC(O)CO. The molecule has 0 aromatic rings. The third kappa shape index (κ3) is 38.7. The first-order valence-corrected chi connectivity index (χ1v) is 22.8. The van der Waals surface area contributed by atoms with E-state index in [4.69, 9.17) is 23.6 Å². The highest BCUT2D eigenvalue weighted by molar-refractivity contribution is 7.47. The summed E-state index contributed by atoms with van der Waals surface area (Å²) in [5, 5.41) is 18.3. The quantitative estimate of drug-likeness (QED) is 0.0241. The Morgan fingerprint density at radius 1 is 0.596 bits per heavy atom. The molecule has 308 valence electrons. The van der Waals surface area contributed by atoms with Gasteiger partial charge in [0.1, 0.15) is 12.2 Å². The van der Waals surface area contributed by atoms with Crippen LogP contribution in [0.15, 0.2) is 24.3 Å². The van der Waals surface area contributed by atoms with Gasteiger partial charge in [0, 0.05) is 13.0 Å². The van der Waals surface area contributed by atoms with Gasteiger partial charge >= 0.3 is 13.8 Å². The van der Waals surface area contributed by atoms with Crippen LogP contribution in [0.25, 0.3) is 0 Å². The van der Waals surface area contributed by atoms with E-state index in [0.29, 0.717) is 6.61 Å². The van der Waals surface area contributed by atoms with Crippen molar-refractivity contribution >= 4 is 13.8 Å². The van der Waals surface area contributed by atoms with Crippen molar-refractivity contribution in [1.29, 1.82) is 0 Å². The maximum Gasteiger partial charge on any atom is 0.472 e. The number of allylic oxidation sites excluding steroid dienone is 4. The van der Waals surface area contributed by atoms with Gasteiger partial charge in [-0.2, -0.15) is 0 Å². The highest BCUT2D eigenvalue weighted by atomic mass is 31.2. The van der Waals surface area contributed by atoms with Gasteiger partial charge in [-0.15, -0.1) is 0 Å². The number of aliphatic hydroxyl groups excluding tert-OH is 2. The van der Waals surface area contributed by atoms with Crippen LogP contribution in [0.5, 0.6) is 0 Å². The monoisotopic (exact) mass is 761 g/mol. The summed E-state index contributed by atoms with van der Waals surface area (Å²) >= 11 is 0. The van der Waals surface area contributed by atoms with E-state index in [2.05, 4.69) is 38.2 Å². The summed E-state index contributed by atoms with van der Waals surface area (Å²) in [6.07, 6.45) is 39.9. The molecular weight excluding hydrogens is 679 g/mol. The van der Waals surface area contributed by atoms with Gasteiger partial charge < -0.3 is 24.6 Å². The van der Waals surface area contributed by atoms with Crippen molar-refractivity contribution in [3.05, 3.63) is 24.3 Å². The number of carbonyl (C=O) groups is 1. The number of aliphatic hydroxyl groups is 2. The minimum atomic E-state index is -4.51. The first-order chi connectivity index (χ1) is 25.3. The first kappa shape index (κ1) is 50.9. The Labute approximate surface area is 319 Å². The molecule has 0 saturated heterocycles. The molecule has 0 rings (SSSR count). The summed E-state index contributed by atoms with van der Waals surface area (Å²) in [4.78, 5) is 22.5. The predicted molar refractivity (Wildman–Crippen MR) is 214 cm³/mol. The van der Waals surface area contributed by atoms with E-state index >= 15 is 0 Å². The van der Waals surface area contributed by atoms with Crippen molar-refractivity contribution in [3.63, 3.8) is 0 Å². The summed E-state index contributed by atoms with van der Waals surface area (Å²) in [5.41, 5.74) is 0. The van der Waals surface area contributed by atoms with Gasteiger partial charge in [-0.25, -0.2) is 4.57 Å². The van der Waals surface area contributed by atoms with Gasteiger partial charge in [-0.05, 0) is 44.9 Å². The minimum Gasteiger partial charge on any atom is -0.457 e. The molecule has 3 N–H and O–H groups in total. The lowest BCUT2D eigenvalue weighted by molar-refractivity contribution is -0.154. The number of phosphoric acid groups is 1. The average Bonchev–Trinajstić information content (AvgIpc) is 3.13. The van der Waals surface area contributed by atoms with E-state index in [1.165, 1.54) is 135 Å². The molecule has 0 amide bonds. The van der Waals surface area contributed by atoms with Crippen molar-refractivity contribution in [2.75, 3.05) is 33.0 Å². The highest BCUT2D eigenvalue weighted by Gasteiger charge is 2.26. The number of unbranched alkanes of at least 4 members (excludes halogenated alkanes) is 23. The average molecular weight is 761 g/mol. The number of phosphoric ester groups is 1. The Morgan fingerprint density at radius 3 is 1.54 bits per heavy atom. The molecule has 0 fully saturated rings. The Kier molecular flexibility index (Phi) is 38.8. The van der Waals surface area contributed by atoms with E-state index in [9.17, 15) is 19.4 Å². The van der Waals surface area contributed by atoms with Gasteiger partial charge in [-0.3, -0.25) is 13.8 Å². The Morgan fingerprint density at radius 2 is 1.04 bits per heavy atom. The van der Waals surface area contributed by atoms with Crippen LogP contribution in [0.3, 0.4) is 0 Å². The normalized spacial score (nSPS) is 14.3. The molecule has 0 bridgehead atoms. The fourth-order valence-corrected chi connectivity index (χ4v) is 6.65. The third-order valence-electron chi connectivity index (χ3n) is 9.14. The molecule has 10 heteroatoms. The molecule has 0 heterocycles. The van der Waals surface area contributed by atoms with E-state index in [1.54, 1.807) is 0 Å². The van der Waals surface area contributed by atoms with Gasteiger partial charge in [-0.1, -0.05) is 167 Å². The fraction of sp³-hybridized carbons (Fsp3) is 0.881. The summed E-state index contributed by atoms with van der Waals surface area (Å²) in [6, 6.07) is 0. The molecule has 3 unspecified atom stereocenters. The van der Waals surface area contributed by atoms with Crippen LogP contribution in [0.4, 0.5) is 0 Å². The number of ether oxygens (including phenoxy) is 2. The standard InChI is InChI=1S/C42H81O9P/c1-3-5-7-9-11-13-15-16-17-18-19-20-21-22-23-24-25-26-28-30-32-34-42(45)51-41(39-50-52(46,47)49-37-40(44)36-43)38-48-35-33-31-29-27-14-12-10-8-6-4-2/h15-16,18-19,40-41,43-44H,3-14,17,20-39H2,1-2H3,(H,46,47)/b16-15-,19-18-. The number of esters is 1. The largest absolute Gasteiger partial charge is 0.472 e. The molecule has 0 spiro atoms.